The summed E-state index contributed by atoms with van der Waals surface area (Å²) in [6.07, 6.45) is 3.22. The monoisotopic (exact) mass is 365 g/mol. The van der Waals surface area contributed by atoms with E-state index in [1.54, 1.807) is 27.3 Å². The molecule has 27 heavy (non-hydrogen) atoms. The Hall–Kier alpha value is -2.86. The zero-order chi connectivity index (χ0) is 19.0. The third-order valence-electron chi connectivity index (χ3n) is 5.12. The molecule has 1 aliphatic heterocycles. The lowest BCUT2D eigenvalue weighted by molar-refractivity contribution is 0.194. The fourth-order valence-electron chi connectivity index (χ4n) is 3.76. The van der Waals surface area contributed by atoms with Crippen molar-refractivity contribution >= 4 is 22.3 Å². The fourth-order valence-corrected chi connectivity index (χ4v) is 3.76. The minimum absolute atomic E-state index is 0.618. The van der Waals surface area contributed by atoms with Gasteiger partial charge in [-0.15, -0.1) is 0 Å². The molecule has 1 atom stereocenters. The quantitative estimate of drug-likeness (QED) is 0.759. The Morgan fingerprint density at radius 2 is 1.96 bits per heavy atom. The van der Waals surface area contributed by atoms with E-state index >= 15 is 0 Å². The number of aromatic nitrogens is 2. The second-order valence-electron chi connectivity index (χ2n) is 6.77. The summed E-state index contributed by atoms with van der Waals surface area (Å²) in [5.41, 5.74) is 4.89. The van der Waals surface area contributed by atoms with Gasteiger partial charge in [-0.25, -0.2) is 0 Å². The van der Waals surface area contributed by atoms with Gasteiger partial charge in [0.05, 0.1) is 37.7 Å². The SMILES string of the molecule is COc1ccc2c(c1)CCCN2c1cnnc2cc(OC)c(C(C)O)cc12. The van der Waals surface area contributed by atoms with Crippen molar-refractivity contribution in [2.24, 2.45) is 0 Å². The van der Waals surface area contributed by atoms with Crippen LogP contribution in [-0.4, -0.2) is 36.1 Å². The van der Waals surface area contributed by atoms with Crippen LogP contribution in [0.15, 0.2) is 36.5 Å². The first-order valence-electron chi connectivity index (χ1n) is 9.08. The number of aryl methyl sites for hydroxylation is 1. The first-order valence-corrected chi connectivity index (χ1v) is 9.08. The molecule has 1 aliphatic rings. The highest BCUT2D eigenvalue weighted by molar-refractivity contribution is 5.95. The van der Waals surface area contributed by atoms with Crippen molar-refractivity contribution in [3.8, 4) is 11.5 Å². The van der Waals surface area contributed by atoms with Gasteiger partial charge in [0.25, 0.3) is 0 Å². The maximum absolute atomic E-state index is 10.2. The van der Waals surface area contributed by atoms with E-state index < -0.39 is 6.10 Å². The zero-order valence-corrected chi connectivity index (χ0v) is 15.8. The van der Waals surface area contributed by atoms with E-state index in [1.165, 1.54) is 5.56 Å². The predicted octanol–water partition coefficient (Wildman–Crippen LogP) is 3.78. The van der Waals surface area contributed by atoms with Crippen LogP contribution < -0.4 is 14.4 Å². The lowest BCUT2D eigenvalue weighted by Gasteiger charge is -2.32. The van der Waals surface area contributed by atoms with Gasteiger partial charge in [0.15, 0.2) is 0 Å². The molecule has 6 nitrogen and oxygen atoms in total. The Morgan fingerprint density at radius 3 is 2.70 bits per heavy atom. The van der Waals surface area contributed by atoms with Gasteiger partial charge in [0.1, 0.15) is 11.5 Å². The van der Waals surface area contributed by atoms with E-state index in [0.29, 0.717) is 5.75 Å². The van der Waals surface area contributed by atoms with Gasteiger partial charge in [-0.2, -0.15) is 10.2 Å². The number of fused-ring (bicyclic) bond motifs is 2. The molecule has 4 rings (SSSR count). The number of rotatable bonds is 4. The highest BCUT2D eigenvalue weighted by Gasteiger charge is 2.22. The molecule has 1 aromatic heterocycles. The van der Waals surface area contributed by atoms with Crippen molar-refractivity contribution < 1.29 is 14.6 Å². The van der Waals surface area contributed by atoms with Gasteiger partial charge in [0.2, 0.25) is 0 Å². The van der Waals surface area contributed by atoms with Gasteiger partial charge >= 0.3 is 0 Å². The highest BCUT2D eigenvalue weighted by atomic mass is 16.5. The molecule has 0 fully saturated rings. The van der Waals surface area contributed by atoms with E-state index in [9.17, 15) is 5.11 Å². The summed E-state index contributed by atoms with van der Waals surface area (Å²) in [7, 11) is 3.28. The molecule has 1 N–H and O–H groups in total. The Labute approximate surface area is 158 Å². The van der Waals surface area contributed by atoms with Crippen LogP contribution in [0.1, 0.15) is 30.6 Å². The third-order valence-corrected chi connectivity index (χ3v) is 5.12. The third kappa shape index (κ3) is 3.06. The second-order valence-corrected chi connectivity index (χ2v) is 6.77. The molecule has 0 amide bonds. The van der Waals surface area contributed by atoms with Gasteiger partial charge in [-0.05, 0) is 49.6 Å². The first-order chi connectivity index (χ1) is 13.1. The van der Waals surface area contributed by atoms with Crippen LogP contribution in [0.2, 0.25) is 0 Å². The molecule has 3 aromatic rings. The summed E-state index contributed by atoms with van der Waals surface area (Å²) < 4.78 is 10.8. The number of hydrogen-bond acceptors (Lipinski definition) is 6. The van der Waals surface area contributed by atoms with Crippen LogP contribution in [0.25, 0.3) is 10.9 Å². The minimum atomic E-state index is -0.636. The van der Waals surface area contributed by atoms with E-state index in [1.807, 2.05) is 18.2 Å². The molecular weight excluding hydrogens is 342 g/mol. The molecule has 6 heteroatoms. The molecule has 0 spiro atoms. The van der Waals surface area contributed by atoms with Gasteiger partial charge in [-0.3, -0.25) is 0 Å². The molecule has 0 aliphatic carbocycles. The van der Waals surface area contributed by atoms with Gasteiger partial charge in [-0.1, -0.05) is 0 Å². The van der Waals surface area contributed by atoms with E-state index in [0.717, 1.165) is 53.0 Å². The Bertz CT molecular complexity index is 988. The maximum Gasteiger partial charge on any atom is 0.126 e. The molecule has 0 radical (unpaired) electrons. The smallest absolute Gasteiger partial charge is 0.126 e. The van der Waals surface area contributed by atoms with Crippen molar-refractivity contribution in [2.75, 3.05) is 25.7 Å². The van der Waals surface area contributed by atoms with Crippen molar-refractivity contribution in [2.45, 2.75) is 25.9 Å². The maximum atomic E-state index is 10.2. The topological polar surface area (TPSA) is 67.7 Å². The lowest BCUT2D eigenvalue weighted by atomic mass is 9.99. The number of aliphatic hydroxyl groups excluding tert-OH is 1. The molecule has 2 aromatic carbocycles. The molecular formula is C21H23N3O3. The van der Waals surface area contributed by atoms with Crippen LogP contribution in [0.3, 0.4) is 0 Å². The number of benzene rings is 2. The Morgan fingerprint density at radius 1 is 1.11 bits per heavy atom. The second kappa shape index (κ2) is 7.04. The fraction of sp³-hybridized carbons (Fsp3) is 0.333. The van der Waals surface area contributed by atoms with E-state index in [2.05, 4.69) is 27.2 Å². The number of anilines is 2. The highest BCUT2D eigenvalue weighted by Crippen LogP contribution is 2.40. The standard InChI is InChI=1S/C21H23N3O3/c1-13(25)16-10-17-18(11-21(16)27-3)23-22-12-20(17)24-8-4-5-14-9-15(26-2)6-7-19(14)24/h6-7,9-13,25H,4-5,8H2,1-3H3. The summed E-state index contributed by atoms with van der Waals surface area (Å²) >= 11 is 0. The summed E-state index contributed by atoms with van der Waals surface area (Å²) in [4.78, 5) is 2.27. The van der Waals surface area contributed by atoms with Crippen LogP contribution in [0, 0.1) is 0 Å². The average Bonchev–Trinajstić information content (AvgIpc) is 2.71. The predicted molar refractivity (Wildman–Crippen MR) is 105 cm³/mol. The molecule has 1 unspecified atom stereocenters. The molecule has 0 bridgehead atoms. The largest absolute Gasteiger partial charge is 0.497 e. The number of nitrogens with zero attached hydrogens (tertiary/aromatic N) is 3. The van der Waals surface area contributed by atoms with Crippen LogP contribution >= 0.6 is 0 Å². The van der Waals surface area contributed by atoms with Gasteiger partial charge < -0.3 is 19.5 Å². The van der Waals surface area contributed by atoms with Gasteiger partial charge in [0, 0.05) is 29.2 Å². The summed E-state index contributed by atoms with van der Waals surface area (Å²) in [5.74, 6) is 1.49. The number of hydrogen-bond donors (Lipinski definition) is 1. The average molecular weight is 365 g/mol. The zero-order valence-electron chi connectivity index (χ0n) is 15.8. The first kappa shape index (κ1) is 17.5. The number of aliphatic hydroxyl groups is 1. The van der Waals surface area contributed by atoms with Crippen molar-refractivity contribution in [1.29, 1.82) is 0 Å². The molecule has 0 saturated carbocycles. The number of methoxy groups -OCH3 is 2. The van der Waals surface area contributed by atoms with Crippen LogP contribution in [0.4, 0.5) is 11.4 Å². The van der Waals surface area contributed by atoms with Crippen molar-refractivity contribution in [3.05, 3.63) is 47.7 Å². The molecule has 2 heterocycles. The number of ether oxygens (including phenoxy) is 2. The normalized spacial score (nSPS) is 14.7. The van der Waals surface area contributed by atoms with Crippen molar-refractivity contribution in [1.82, 2.24) is 10.2 Å². The van der Waals surface area contributed by atoms with E-state index in [-0.39, 0.29) is 0 Å². The summed E-state index contributed by atoms with van der Waals surface area (Å²) in [6.45, 7) is 2.64. The Kier molecular flexibility index (Phi) is 4.58. The molecule has 0 saturated heterocycles. The summed E-state index contributed by atoms with van der Waals surface area (Å²) in [5, 5.41) is 19.6. The van der Waals surface area contributed by atoms with Crippen molar-refractivity contribution in [3.63, 3.8) is 0 Å². The lowest BCUT2D eigenvalue weighted by Crippen LogP contribution is -2.25. The van der Waals surface area contributed by atoms with Crippen LogP contribution in [0.5, 0.6) is 11.5 Å². The summed E-state index contributed by atoms with van der Waals surface area (Å²) in [6, 6.07) is 9.98. The van der Waals surface area contributed by atoms with E-state index in [4.69, 9.17) is 9.47 Å². The molecule has 140 valence electrons. The Balaban J connectivity index is 1.89. The van der Waals surface area contributed by atoms with Crippen LogP contribution in [-0.2, 0) is 6.42 Å². The minimum Gasteiger partial charge on any atom is -0.497 e.